The third-order valence-electron chi connectivity index (χ3n) is 4.29. The van der Waals surface area contributed by atoms with Crippen LogP contribution in [-0.4, -0.2) is 36.6 Å². The normalized spacial score (nSPS) is 17.0. The molecule has 0 saturated carbocycles. The van der Waals surface area contributed by atoms with Crippen LogP contribution in [0.25, 0.3) is 0 Å². The van der Waals surface area contributed by atoms with Crippen molar-refractivity contribution in [3.8, 4) is 0 Å². The van der Waals surface area contributed by atoms with Crippen LogP contribution in [0.4, 0.5) is 5.69 Å². The van der Waals surface area contributed by atoms with Gasteiger partial charge in [-0.2, -0.15) is 11.8 Å². The zero-order valence-corrected chi connectivity index (χ0v) is 15.8. The first-order valence-electron chi connectivity index (χ1n) is 9.11. The second-order valence-corrected chi connectivity index (χ2v) is 7.62. The van der Waals surface area contributed by atoms with Crippen molar-refractivity contribution in [3.05, 3.63) is 65.7 Å². The zero-order valence-electron chi connectivity index (χ0n) is 14.9. The molecule has 2 N–H and O–H groups in total. The standard InChI is InChI=1S/C21H26N2O2S/c24-21(14-20-16-26-12-10-22-20)23-19-8-4-7-18(13-19)15-25-11-9-17-5-2-1-3-6-17/h1-8,13,20,22H,9-12,14-16H2,(H,23,24). The SMILES string of the molecule is O=C(CC1CSCCN1)Nc1cccc(COCCc2ccccc2)c1. The van der Waals surface area contributed by atoms with E-state index in [1.807, 2.05) is 54.2 Å². The summed E-state index contributed by atoms with van der Waals surface area (Å²) in [5.41, 5.74) is 3.19. The van der Waals surface area contributed by atoms with E-state index in [0.717, 1.165) is 35.7 Å². The largest absolute Gasteiger partial charge is 0.376 e. The lowest BCUT2D eigenvalue weighted by molar-refractivity contribution is -0.116. The van der Waals surface area contributed by atoms with Gasteiger partial charge in [0.05, 0.1) is 13.2 Å². The fourth-order valence-electron chi connectivity index (χ4n) is 2.95. The molecule has 4 nitrogen and oxygen atoms in total. The van der Waals surface area contributed by atoms with Gasteiger partial charge < -0.3 is 15.4 Å². The number of carbonyl (C=O) groups is 1. The molecule has 0 aromatic heterocycles. The number of rotatable bonds is 8. The van der Waals surface area contributed by atoms with Crippen LogP contribution in [0.3, 0.4) is 0 Å². The van der Waals surface area contributed by atoms with E-state index in [4.69, 9.17) is 4.74 Å². The fourth-order valence-corrected chi connectivity index (χ4v) is 3.90. The summed E-state index contributed by atoms with van der Waals surface area (Å²) in [6.07, 6.45) is 1.43. The number of benzene rings is 2. The second-order valence-electron chi connectivity index (χ2n) is 6.47. The Morgan fingerprint density at radius 1 is 1.15 bits per heavy atom. The Balaban J connectivity index is 1.41. The monoisotopic (exact) mass is 370 g/mol. The van der Waals surface area contributed by atoms with Crippen molar-refractivity contribution in [3.63, 3.8) is 0 Å². The average molecular weight is 371 g/mol. The Hall–Kier alpha value is -1.82. The van der Waals surface area contributed by atoms with Crippen LogP contribution in [0.5, 0.6) is 0 Å². The molecule has 0 radical (unpaired) electrons. The molecular formula is C21H26N2O2S. The van der Waals surface area contributed by atoms with Crippen molar-refractivity contribution < 1.29 is 9.53 Å². The number of ether oxygens (including phenoxy) is 1. The van der Waals surface area contributed by atoms with E-state index in [-0.39, 0.29) is 11.9 Å². The maximum atomic E-state index is 12.2. The first-order chi connectivity index (χ1) is 12.8. The van der Waals surface area contributed by atoms with E-state index in [0.29, 0.717) is 19.6 Å². The molecule has 2 aromatic rings. The average Bonchev–Trinajstić information content (AvgIpc) is 2.67. The molecule has 0 bridgehead atoms. The third-order valence-corrected chi connectivity index (χ3v) is 5.42. The maximum Gasteiger partial charge on any atom is 0.225 e. The summed E-state index contributed by atoms with van der Waals surface area (Å²) < 4.78 is 5.78. The van der Waals surface area contributed by atoms with E-state index in [9.17, 15) is 4.79 Å². The minimum atomic E-state index is 0.0622. The summed E-state index contributed by atoms with van der Waals surface area (Å²) in [4.78, 5) is 12.2. The molecule has 0 aliphatic carbocycles. The van der Waals surface area contributed by atoms with E-state index < -0.39 is 0 Å². The molecule has 5 heteroatoms. The molecule has 1 aliphatic rings. The molecule has 26 heavy (non-hydrogen) atoms. The van der Waals surface area contributed by atoms with Crippen LogP contribution in [0.1, 0.15) is 17.5 Å². The van der Waals surface area contributed by atoms with Gasteiger partial charge in [0, 0.05) is 36.2 Å². The molecule has 1 unspecified atom stereocenters. The van der Waals surface area contributed by atoms with E-state index in [1.54, 1.807) is 0 Å². The number of hydrogen-bond acceptors (Lipinski definition) is 4. The molecule has 1 aliphatic heterocycles. The van der Waals surface area contributed by atoms with Crippen LogP contribution in [0, 0.1) is 0 Å². The van der Waals surface area contributed by atoms with Gasteiger partial charge in [-0.3, -0.25) is 4.79 Å². The highest BCUT2D eigenvalue weighted by Gasteiger charge is 2.16. The van der Waals surface area contributed by atoms with Crippen molar-refractivity contribution >= 4 is 23.4 Å². The highest BCUT2D eigenvalue weighted by atomic mass is 32.2. The lowest BCUT2D eigenvalue weighted by atomic mass is 10.1. The van der Waals surface area contributed by atoms with Gasteiger partial charge in [-0.25, -0.2) is 0 Å². The van der Waals surface area contributed by atoms with Crippen LogP contribution in [0.2, 0.25) is 0 Å². The molecule has 1 amide bonds. The Kier molecular flexibility index (Phi) is 7.55. The van der Waals surface area contributed by atoms with Gasteiger partial charge in [0.2, 0.25) is 5.91 Å². The number of hydrogen-bond donors (Lipinski definition) is 2. The Labute approximate surface area is 159 Å². The fraction of sp³-hybridized carbons (Fsp3) is 0.381. The number of carbonyl (C=O) groups excluding carboxylic acids is 1. The van der Waals surface area contributed by atoms with Crippen molar-refractivity contribution in [2.45, 2.75) is 25.5 Å². The van der Waals surface area contributed by atoms with Gasteiger partial charge in [-0.05, 0) is 29.7 Å². The van der Waals surface area contributed by atoms with Crippen molar-refractivity contribution in [2.75, 3.05) is 30.0 Å². The van der Waals surface area contributed by atoms with Crippen LogP contribution >= 0.6 is 11.8 Å². The molecular weight excluding hydrogens is 344 g/mol. The first-order valence-corrected chi connectivity index (χ1v) is 10.3. The van der Waals surface area contributed by atoms with Gasteiger partial charge in [0.25, 0.3) is 0 Å². The Bertz CT molecular complexity index is 687. The number of thioether (sulfide) groups is 1. The van der Waals surface area contributed by atoms with Crippen molar-refractivity contribution in [2.24, 2.45) is 0 Å². The highest BCUT2D eigenvalue weighted by Crippen LogP contribution is 2.14. The third kappa shape index (κ3) is 6.48. The molecule has 3 rings (SSSR count). The van der Waals surface area contributed by atoms with Crippen molar-refractivity contribution in [1.82, 2.24) is 5.32 Å². The molecule has 1 heterocycles. The molecule has 1 fully saturated rings. The van der Waals surface area contributed by atoms with Gasteiger partial charge >= 0.3 is 0 Å². The molecule has 2 aromatic carbocycles. The molecule has 138 valence electrons. The van der Waals surface area contributed by atoms with Crippen molar-refractivity contribution in [1.29, 1.82) is 0 Å². The van der Waals surface area contributed by atoms with Gasteiger partial charge in [0.1, 0.15) is 0 Å². The summed E-state index contributed by atoms with van der Waals surface area (Å²) >= 11 is 1.90. The lowest BCUT2D eigenvalue weighted by Crippen LogP contribution is -2.39. The highest BCUT2D eigenvalue weighted by molar-refractivity contribution is 7.99. The molecule has 1 atom stereocenters. The van der Waals surface area contributed by atoms with Crippen LogP contribution in [-0.2, 0) is 22.6 Å². The first kappa shape index (κ1) is 19.0. The van der Waals surface area contributed by atoms with Gasteiger partial charge in [-0.15, -0.1) is 0 Å². The second kappa shape index (κ2) is 10.4. The summed E-state index contributed by atoms with van der Waals surface area (Å²) in [5.74, 6) is 2.19. The lowest BCUT2D eigenvalue weighted by Gasteiger charge is -2.22. The number of anilines is 1. The van der Waals surface area contributed by atoms with Crippen LogP contribution in [0.15, 0.2) is 54.6 Å². The van der Waals surface area contributed by atoms with E-state index in [2.05, 4.69) is 22.8 Å². The van der Waals surface area contributed by atoms with Crippen LogP contribution < -0.4 is 10.6 Å². The topological polar surface area (TPSA) is 50.4 Å². The zero-order chi connectivity index (χ0) is 18.0. The molecule has 1 saturated heterocycles. The maximum absolute atomic E-state index is 12.2. The quantitative estimate of drug-likeness (QED) is 0.699. The minimum absolute atomic E-state index is 0.0622. The number of amides is 1. The summed E-state index contributed by atoms with van der Waals surface area (Å²) in [7, 11) is 0. The smallest absolute Gasteiger partial charge is 0.225 e. The summed E-state index contributed by atoms with van der Waals surface area (Å²) in [5, 5.41) is 6.40. The van der Waals surface area contributed by atoms with Gasteiger partial charge in [0.15, 0.2) is 0 Å². The Morgan fingerprint density at radius 3 is 2.81 bits per heavy atom. The summed E-state index contributed by atoms with van der Waals surface area (Å²) in [6, 6.07) is 18.5. The van der Waals surface area contributed by atoms with E-state index >= 15 is 0 Å². The predicted molar refractivity (Wildman–Crippen MR) is 109 cm³/mol. The van der Waals surface area contributed by atoms with E-state index in [1.165, 1.54) is 5.56 Å². The minimum Gasteiger partial charge on any atom is -0.376 e. The predicted octanol–water partition coefficient (Wildman–Crippen LogP) is 3.48. The summed E-state index contributed by atoms with van der Waals surface area (Å²) in [6.45, 7) is 2.22. The Morgan fingerprint density at radius 2 is 2.00 bits per heavy atom. The number of nitrogens with one attached hydrogen (secondary N) is 2. The van der Waals surface area contributed by atoms with Gasteiger partial charge in [-0.1, -0.05) is 42.5 Å². The molecule has 0 spiro atoms.